The summed E-state index contributed by atoms with van der Waals surface area (Å²) < 4.78 is 10.8. The predicted molar refractivity (Wildman–Crippen MR) is 100 cm³/mol. The lowest BCUT2D eigenvalue weighted by molar-refractivity contribution is -0.133. The fourth-order valence-corrected chi connectivity index (χ4v) is 2.56. The molecule has 0 aliphatic carbocycles. The van der Waals surface area contributed by atoms with Gasteiger partial charge < -0.3 is 14.8 Å². The van der Waals surface area contributed by atoms with Crippen molar-refractivity contribution >= 4 is 29.1 Å². The second-order valence-electron chi connectivity index (χ2n) is 5.71. The van der Waals surface area contributed by atoms with E-state index < -0.39 is 6.10 Å². The summed E-state index contributed by atoms with van der Waals surface area (Å²) in [5, 5.41) is 3.86. The number of hydrogen-bond donors (Lipinski definition) is 1. The van der Waals surface area contributed by atoms with Crippen LogP contribution in [0.25, 0.3) is 0 Å². The lowest BCUT2D eigenvalue weighted by Crippen LogP contribution is -2.36. The number of rotatable bonds is 7. The summed E-state index contributed by atoms with van der Waals surface area (Å²) in [6.45, 7) is 3.93. The first-order valence-electron chi connectivity index (χ1n) is 7.90. The molecule has 0 aromatic heterocycles. The Labute approximate surface area is 158 Å². The van der Waals surface area contributed by atoms with Gasteiger partial charge >= 0.3 is 0 Å². The summed E-state index contributed by atoms with van der Waals surface area (Å²) >= 11 is 11.9. The Kier molecular flexibility index (Phi) is 7.12. The third kappa shape index (κ3) is 5.63. The van der Waals surface area contributed by atoms with Gasteiger partial charge in [-0.2, -0.15) is 0 Å². The quantitative estimate of drug-likeness (QED) is 0.750. The van der Waals surface area contributed by atoms with Crippen LogP contribution in [0.1, 0.15) is 31.0 Å². The SMILES string of the molecule is COc1cccc(CO[C@H](C)C(=O)N[C@@H](C)c2ccc(Cl)c(Cl)c2)c1. The van der Waals surface area contributed by atoms with Crippen molar-refractivity contribution in [2.24, 2.45) is 0 Å². The van der Waals surface area contributed by atoms with Gasteiger partial charge in [0.25, 0.3) is 0 Å². The molecular weight excluding hydrogens is 361 g/mol. The van der Waals surface area contributed by atoms with Gasteiger partial charge in [-0.05, 0) is 49.2 Å². The van der Waals surface area contributed by atoms with E-state index in [1.807, 2.05) is 37.3 Å². The summed E-state index contributed by atoms with van der Waals surface area (Å²) in [6.07, 6.45) is -0.587. The van der Waals surface area contributed by atoms with Crippen LogP contribution in [0.3, 0.4) is 0 Å². The molecule has 0 aliphatic heterocycles. The van der Waals surface area contributed by atoms with E-state index in [0.29, 0.717) is 16.7 Å². The van der Waals surface area contributed by atoms with Gasteiger partial charge in [-0.25, -0.2) is 0 Å². The predicted octanol–water partition coefficient (Wildman–Crippen LogP) is 4.78. The lowest BCUT2D eigenvalue weighted by Gasteiger charge is -2.19. The Morgan fingerprint density at radius 1 is 1.12 bits per heavy atom. The van der Waals surface area contributed by atoms with E-state index in [1.165, 1.54) is 0 Å². The molecule has 25 heavy (non-hydrogen) atoms. The van der Waals surface area contributed by atoms with Crippen LogP contribution in [0.2, 0.25) is 10.0 Å². The number of ether oxygens (including phenoxy) is 2. The topological polar surface area (TPSA) is 47.6 Å². The smallest absolute Gasteiger partial charge is 0.249 e. The molecule has 134 valence electrons. The summed E-state index contributed by atoms with van der Waals surface area (Å²) in [4.78, 5) is 12.3. The highest BCUT2D eigenvalue weighted by Crippen LogP contribution is 2.25. The summed E-state index contributed by atoms with van der Waals surface area (Å²) in [5.74, 6) is 0.563. The molecule has 4 nitrogen and oxygen atoms in total. The van der Waals surface area contributed by atoms with E-state index >= 15 is 0 Å². The van der Waals surface area contributed by atoms with Crippen LogP contribution in [0.5, 0.6) is 5.75 Å². The molecular formula is C19H21Cl2NO3. The molecule has 2 rings (SSSR count). The largest absolute Gasteiger partial charge is 0.497 e. The van der Waals surface area contributed by atoms with E-state index in [4.69, 9.17) is 32.7 Å². The fourth-order valence-electron chi connectivity index (χ4n) is 2.25. The maximum Gasteiger partial charge on any atom is 0.249 e. The number of halogens is 2. The normalized spacial score (nSPS) is 13.2. The van der Waals surface area contributed by atoms with E-state index in [9.17, 15) is 4.79 Å². The number of amides is 1. The lowest BCUT2D eigenvalue weighted by atomic mass is 10.1. The Balaban J connectivity index is 1.89. The average Bonchev–Trinajstić information content (AvgIpc) is 2.61. The molecule has 2 atom stereocenters. The molecule has 0 aliphatic rings. The van der Waals surface area contributed by atoms with Crippen molar-refractivity contribution in [2.45, 2.75) is 32.6 Å². The molecule has 0 unspecified atom stereocenters. The van der Waals surface area contributed by atoms with Crippen LogP contribution in [-0.2, 0) is 16.1 Å². The highest BCUT2D eigenvalue weighted by molar-refractivity contribution is 6.42. The molecule has 0 saturated carbocycles. The molecule has 1 N–H and O–H groups in total. The Hall–Kier alpha value is -1.75. The van der Waals surface area contributed by atoms with Crippen molar-refractivity contribution in [2.75, 3.05) is 7.11 Å². The van der Waals surface area contributed by atoms with Crippen LogP contribution in [0.15, 0.2) is 42.5 Å². The molecule has 0 fully saturated rings. The van der Waals surface area contributed by atoms with Gasteiger partial charge in [0.15, 0.2) is 0 Å². The molecule has 0 spiro atoms. The zero-order valence-corrected chi connectivity index (χ0v) is 15.9. The van der Waals surface area contributed by atoms with Gasteiger partial charge in [0.2, 0.25) is 5.91 Å². The summed E-state index contributed by atoms with van der Waals surface area (Å²) in [6, 6.07) is 12.6. The van der Waals surface area contributed by atoms with Gasteiger partial charge in [0.1, 0.15) is 11.9 Å². The van der Waals surface area contributed by atoms with Gasteiger partial charge in [-0.15, -0.1) is 0 Å². The highest BCUT2D eigenvalue weighted by Gasteiger charge is 2.17. The zero-order chi connectivity index (χ0) is 18.4. The van der Waals surface area contributed by atoms with Gasteiger partial charge in [-0.1, -0.05) is 41.4 Å². The molecule has 1 amide bonds. The Morgan fingerprint density at radius 3 is 2.56 bits per heavy atom. The minimum Gasteiger partial charge on any atom is -0.497 e. The molecule has 2 aromatic carbocycles. The van der Waals surface area contributed by atoms with E-state index in [1.54, 1.807) is 26.2 Å². The first-order chi connectivity index (χ1) is 11.9. The first kappa shape index (κ1) is 19.6. The van der Waals surface area contributed by atoms with Crippen molar-refractivity contribution in [1.82, 2.24) is 5.32 Å². The van der Waals surface area contributed by atoms with Crippen molar-refractivity contribution in [1.29, 1.82) is 0 Å². The van der Waals surface area contributed by atoms with E-state index in [2.05, 4.69) is 5.32 Å². The third-order valence-corrected chi connectivity index (χ3v) is 4.54. The van der Waals surface area contributed by atoms with Gasteiger partial charge in [0, 0.05) is 0 Å². The standard InChI is InChI=1S/C19H21Cl2NO3/c1-12(15-7-8-17(20)18(21)10-15)22-19(23)13(2)25-11-14-5-4-6-16(9-14)24-3/h4-10,12-13H,11H2,1-3H3,(H,22,23)/t12-,13+/m0/s1. The van der Waals surface area contributed by atoms with Crippen LogP contribution in [0, 0.1) is 0 Å². The second kappa shape index (κ2) is 9.09. The van der Waals surface area contributed by atoms with Crippen molar-refractivity contribution < 1.29 is 14.3 Å². The zero-order valence-electron chi connectivity index (χ0n) is 14.4. The van der Waals surface area contributed by atoms with E-state index in [0.717, 1.165) is 16.9 Å². The fraction of sp³-hybridized carbons (Fsp3) is 0.316. The number of benzene rings is 2. The summed E-state index contributed by atoms with van der Waals surface area (Å²) in [5.41, 5.74) is 1.82. The number of carbonyl (C=O) groups excluding carboxylic acids is 1. The average molecular weight is 382 g/mol. The summed E-state index contributed by atoms with van der Waals surface area (Å²) in [7, 11) is 1.61. The Morgan fingerprint density at radius 2 is 1.88 bits per heavy atom. The Bertz CT molecular complexity index is 736. The minimum absolute atomic E-state index is 0.193. The van der Waals surface area contributed by atoms with Crippen molar-refractivity contribution in [3.63, 3.8) is 0 Å². The molecule has 0 heterocycles. The third-order valence-electron chi connectivity index (χ3n) is 3.81. The van der Waals surface area contributed by atoms with Crippen LogP contribution >= 0.6 is 23.2 Å². The first-order valence-corrected chi connectivity index (χ1v) is 8.66. The molecule has 2 aromatic rings. The van der Waals surface area contributed by atoms with Crippen molar-refractivity contribution in [3.05, 3.63) is 63.6 Å². The molecule has 0 saturated heterocycles. The number of nitrogens with one attached hydrogen (secondary N) is 1. The second-order valence-corrected chi connectivity index (χ2v) is 6.52. The number of hydrogen-bond acceptors (Lipinski definition) is 3. The van der Waals surface area contributed by atoms with E-state index in [-0.39, 0.29) is 11.9 Å². The molecule has 6 heteroatoms. The number of carbonyl (C=O) groups is 1. The van der Waals surface area contributed by atoms with Gasteiger partial charge in [0.05, 0.1) is 29.8 Å². The maximum absolute atomic E-state index is 12.3. The monoisotopic (exact) mass is 381 g/mol. The molecule has 0 bridgehead atoms. The van der Waals surface area contributed by atoms with Crippen LogP contribution < -0.4 is 10.1 Å². The van der Waals surface area contributed by atoms with Crippen LogP contribution in [-0.4, -0.2) is 19.1 Å². The van der Waals surface area contributed by atoms with Crippen LogP contribution in [0.4, 0.5) is 0 Å². The number of methoxy groups -OCH3 is 1. The minimum atomic E-state index is -0.587. The van der Waals surface area contributed by atoms with Crippen molar-refractivity contribution in [3.8, 4) is 5.75 Å². The molecule has 0 radical (unpaired) electrons. The highest BCUT2D eigenvalue weighted by atomic mass is 35.5. The maximum atomic E-state index is 12.3. The van der Waals surface area contributed by atoms with Gasteiger partial charge in [-0.3, -0.25) is 4.79 Å².